The van der Waals surface area contributed by atoms with Crippen molar-refractivity contribution in [2.75, 3.05) is 0 Å². The average molecular weight is 1130 g/mol. The zero-order chi connectivity index (χ0) is 52.2. The van der Waals surface area contributed by atoms with E-state index in [2.05, 4.69) is 330 Å². The van der Waals surface area contributed by atoms with Gasteiger partial charge >= 0.3 is 11.3 Å². The maximum atomic E-state index is 7.50. The van der Waals surface area contributed by atoms with Crippen molar-refractivity contribution in [1.82, 2.24) is 0 Å². The largest absolute Gasteiger partial charge is 0.0622 e. The molecule has 0 aliphatic heterocycles. The molecule has 0 fully saturated rings. The zero-order valence-corrected chi connectivity index (χ0v) is 46.9. The molecule has 11 aromatic rings. The molecule has 0 aliphatic rings. The van der Waals surface area contributed by atoms with Gasteiger partial charge in [0.25, 0.3) is 0 Å². The van der Waals surface area contributed by atoms with Crippen molar-refractivity contribution in [3.63, 3.8) is 0 Å². The summed E-state index contributed by atoms with van der Waals surface area (Å²) in [6, 6.07) is 119. The van der Waals surface area contributed by atoms with Gasteiger partial charge in [0.15, 0.2) is 0 Å². The molecule has 0 amide bonds. The van der Waals surface area contributed by atoms with E-state index in [1.165, 1.54) is 53.3 Å². The first-order valence-corrected chi connectivity index (χ1v) is 28.9. The third-order valence-corrected chi connectivity index (χ3v) is 19.5. The van der Waals surface area contributed by atoms with E-state index in [1.54, 1.807) is 0 Å². The van der Waals surface area contributed by atoms with Crippen molar-refractivity contribution in [3.8, 4) is 0 Å². The summed E-state index contributed by atoms with van der Waals surface area (Å²) in [5.41, 5.74) is 2.23. The van der Waals surface area contributed by atoms with Crippen LogP contribution in [0.3, 0.4) is 0 Å². The van der Waals surface area contributed by atoms with Gasteiger partial charge in [-0.05, 0) is 84.0 Å². The molecule has 0 bridgehead atoms. The molecule has 0 heterocycles. The van der Waals surface area contributed by atoms with Gasteiger partial charge in [-0.1, -0.05) is 309 Å². The topological polar surface area (TPSA) is 19.9 Å². The van der Waals surface area contributed by atoms with Gasteiger partial charge in [0.2, 0.25) is 0 Å². The molecule has 0 aliphatic carbocycles. The van der Waals surface area contributed by atoms with E-state index in [0.29, 0.717) is 0 Å². The minimum atomic E-state index is -0.446. The second-order valence-corrected chi connectivity index (χ2v) is 23.7. The van der Waals surface area contributed by atoms with Crippen LogP contribution < -0.4 is 47.7 Å². The second-order valence-electron chi connectivity index (χ2n) is 17.1. The molecule has 0 saturated heterocycles. The Morgan fingerprint density at radius 3 is 0.671 bits per heavy atom. The minimum Gasteiger partial charge on any atom is -0.0622 e. The first kappa shape index (κ1) is 58.1. The van der Waals surface area contributed by atoms with Gasteiger partial charge in [0, 0.05) is 24.9 Å². The van der Waals surface area contributed by atoms with Crippen molar-refractivity contribution >= 4 is 71.5 Å². The molecule has 76 heavy (non-hydrogen) atoms. The Bertz CT molecular complexity index is 2660. The van der Waals surface area contributed by atoms with Crippen LogP contribution in [0.15, 0.2) is 340 Å². The quantitative estimate of drug-likeness (QED) is 0.0382. The van der Waals surface area contributed by atoms with E-state index in [9.17, 15) is 0 Å². The van der Waals surface area contributed by atoms with Crippen molar-refractivity contribution in [2.24, 2.45) is 0 Å². The molecule has 0 N–H and O–H groups in total. The number of hydrogen-bond acceptors (Lipinski definition) is 0. The molecule has 11 aromatic carbocycles. The molecule has 1 unspecified atom stereocenters. The summed E-state index contributed by atoms with van der Waals surface area (Å²) in [5, 5.41) is 12.6. The van der Waals surface area contributed by atoms with Crippen LogP contribution in [-0.4, -0.2) is 0 Å². The van der Waals surface area contributed by atoms with Gasteiger partial charge in [0.1, 0.15) is 0 Å². The van der Waals surface area contributed by atoms with E-state index in [4.69, 9.17) is 4.65 Å². The van der Waals surface area contributed by atoms with Crippen LogP contribution in [0.5, 0.6) is 0 Å². The van der Waals surface area contributed by atoms with E-state index < -0.39 is 23.8 Å². The number of benzene rings is 11. The van der Waals surface area contributed by atoms with Crippen LogP contribution in [0.4, 0.5) is 0 Å². The van der Waals surface area contributed by atoms with Crippen LogP contribution in [0.1, 0.15) is 18.1 Å². The molecule has 1 nitrogen and oxygen atoms in total. The van der Waals surface area contributed by atoms with Crippen molar-refractivity contribution < 1.29 is 24.1 Å². The van der Waals surface area contributed by atoms with E-state index in [-0.39, 0.29) is 24.9 Å². The minimum absolute atomic E-state index is 0. The third kappa shape index (κ3) is 16.7. The maximum absolute atomic E-state index is 7.50. The molecule has 375 valence electrons. The van der Waals surface area contributed by atoms with Gasteiger partial charge < -0.3 is 0 Å². The van der Waals surface area contributed by atoms with Gasteiger partial charge in [-0.15, -0.1) is 12.1 Å². The Balaban J connectivity index is 0.000000162. The van der Waals surface area contributed by atoms with Crippen LogP contribution >= 0.6 is 23.8 Å². The van der Waals surface area contributed by atoms with Gasteiger partial charge in [-0.25, -0.2) is 0 Å². The number of rotatable bonds is 12. The fourth-order valence-electron chi connectivity index (χ4n) is 8.42. The van der Waals surface area contributed by atoms with Crippen molar-refractivity contribution in [3.05, 3.63) is 364 Å². The molecular formula is C71H60OP3Rh-. The Morgan fingerprint density at radius 1 is 0.316 bits per heavy atom. The summed E-state index contributed by atoms with van der Waals surface area (Å²) < 4.78 is 7.50. The predicted octanol–water partition coefficient (Wildman–Crippen LogP) is 14.3. The summed E-state index contributed by atoms with van der Waals surface area (Å²) in [6.07, 6.45) is 1.98. The fourth-order valence-corrected chi connectivity index (χ4v) is 15.3. The summed E-state index contributed by atoms with van der Waals surface area (Å²) >= 11 is 0. The standard InChI is InChI=1S/3C18H15P.C16H15.CO.Rh/c3*1-4-10-16(11-5-1)19(17-12-6-2-7-13-17)18-14-8-3-9-15-18;1-3-16(2,14-10-6-4-7-11-14)15-12-8-5-9-13-15;1-2;/h3*1-15H;3-12H,1H2,2H3;;/q;;;-1;;. The normalized spacial score (nSPS) is 10.9. The predicted molar refractivity (Wildman–Crippen MR) is 328 cm³/mol. The van der Waals surface area contributed by atoms with Crippen LogP contribution in [0.25, 0.3) is 0 Å². The fraction of sp³-hybridized carbons (Fsp3) is 0.0282. The SMILES string of the molecule is C=CC(C)(c1[c-]cccc1)c1ccccc1.[C-]#[O+].[Rh].c1ccc(P(c2ccccc2)c2ccccc2)cc1.c1ccc(P(c2ccccc2)c2ccccc2)cc1.c1ccc(P(c2ccccc2)c2ccccc2)cc1. The van der Waals surface area contributed by atoms with Gasteiger partial charge in [-0.2, -0.15) is 30.3 Å². The van der Waals surface area contributed by atoms with Crippen LogP contribution in [0, 0.1) is 12.7 Å². The summed E-state index contributed by atoms with van der Waals surface area (Å²) in [5.74, 6) is 0. The van der Waals surface area contributed by atoms with E-state index in [0.717, 1.165) is 5.56 Å². The Morgan fingerprint density at radius 2 is 0.500 bits per heavy atom. The zero-order valence-electron chi connectivity index (χ0n) is 42.5. The van der Waals surface area contributed by atoms with Crippen molar-refractivity contribution in [1.29, 1.82) is 0 Å². The van der Waals surface area contributed by atoms with E-state index in [1.807, 2.05) is 30.3 Å². The average Bonchev–Trinajstić information content (AvgIpc) is 3.51. The molecule has 0 saturated carbocycles. The van der Waals surface area contributed by atoms with Crippen LogP contribution in [-0.2, 0) is 29.5 Å². The smallest absolute Gasteiger partial charge is 0 e. The third-order valence-electron chi connectivity index (χ3n) is 12.2. The molecular weight excluding hydrogens is 1060 g/mol. The van der Waals surface area contributed by atoms with Gasteiger partial charge in [-0.3, -0.25) is 0 Å². The first-order chi connectivity index (χ1) is 37.1. The Hall–Kier alpha value is -7.19. The summed E-state index contributed by atoms with van der Waals surface area (Å²) in [6.45, 7) is 10.6. The second kappa shape index (κ2) is 32.3. The molecule has 5 heteroatoms. The van der Waals surface area contributed by atoms with Crippen LogP contribution in [0.2, 0.25) is 0 Å². The summed E-state index contributed by atoms with van der Waals surface area (Å²) in [7, 11) is -1.34. The molecule has 1 radical (unpaired) electrons. The maximum Gasteiger partial charge on any atom is 0 e. The monoisotopic (exact) mass is 1120 g/mol. The summed E-state index contributed by atoms with van der Waals surface area (Å²) in [4.78, 5) is 0. The number of hydrogen-bond donors (Lipinski definition) is 0. The molecule has 0 aromatic heterocycles. The van der Waals surface area contributed by atoms with E-state index >= 15 is 0 Å². The molecule has 0 spiro atoms. The Kier molecular flexibility index (Phi) is 24.7. The van der Waals surface area contributed by atoms with Crippen molar-refractivity contribution in [2.45, 2.75) is 12.3 Å². The number of allylic oxidation sites excluding steroid dienone is 1. The molecule has 1 atom stereocenters. The molecule has 11 rings (SSSR count). The Labute approximate surface area is 468 Å². The first-order valence-electron chi connectivity index (χ1n) is 24.8. The van der Waals surface area contributed by atoms with Gasteiger partial charge in [0.05, 0.1) is 0 Å².